The molecule has 1 aliphatic heterocycles. The maximum Gasteiger partial charge on any atom is 0.325 e. The fourth-order valence-electron chi connectivity index (χ4n) is 3.89. The summed E-state index contributed by atoms with van der Waals surface area (Å²) >= 11 is 0. The minimum absolute atomic E-state index is 0.0535. The molecule has 3 rings (SSSR count). The summed E-state index contributed by atoms with van der Waals surface area (Å²) in [5.74, 6) is -0.982. The summed E-state index contributed by atoms with van der Waals surface area (Å²) in [6.45, 7) is 1.88. The second-order valence-corrected chi connectivity index (χ2v) is 7.32. The van der Waals surface area contributed by atoms with Crippen LogP contribution in [0, 0.1) is 11.7 Å². The Morgan fingerprint density at radius 2 is 2.15 bits per heavy atom. The van der Waals surface area contributed by atoms with Gasteiger partial charge in [-0.2, -0.15) is 0 Å². The number of carbonyl (C=O) groups is 3. The number of imide groups is 1. The summed E-state index contributed by atoms with van der Waals surface area (Å²) in [5, 5.41) is 2.84. The number of likely N-dealkylation sites (N-methyl/N-ethyl adjacent to an activating group) is 1. The van der Waals surface area contributed by atoms with Gasteiger partial charge in [-0.05, 0) is 36.5 Å². The monoisotopic (exact) mass is 361 g/mol. The zero-order valence-electron chi connectivity index (χ0n) is 15.1. The van der Waals surface area contributed by atoms with Crippen LogP contribution in [0.25, 0.3) is 0 Å². The van der Waals surface area contributed by atoms with Crippen molar-refractivity contribution in [3.05, 3.63) is 35.6 Å². The maximum atomic E-state index is 13.3. The molecule has 1 N–H and O–H groups in total. The molecule has 7 heteroatoms. The van der Waals surface area contributed by atoms with Crippen molar-refractivity contribution >= 4 is 17.8 Å². The van der Waals surface area contributed by atoms with Gasteiger partial charge in [0, 0.05) is 13.6 Å². The number of nitrogens with zero attached hydrogens (tertiary/aromatic N) is 2. The molecule has 1 aromatic carbocycles. The van der Waals surface area contributed by atoms with Gasteiger partial charge in [0.05, 0.1) is 0 Å². The molecule has 2 atom stereocenters. The number of halogens is 1. The summed E-state index contributed by atoms with van der Waals surface area (Å²) in [6.07, 6.45) is 3.43. The molecule has 0 aromatic heterocycles. The van der Waals surface area contributed by atoms with Crippen LogP contribution in [0.4, 0.5) is 9.18 Å². The van der Waals surface area contributed by atoms with E-state index in [4.69, 9.17) is 0 Å². The van der Waals surface area contributed by atoms with Gasteiger partial charge in [0.2, 0.25) is 5.91 Å². The number of amides is 4. The lowest BCUT2D eigenvalue weighted by atomic mass is 9.73. The first-order valence-electron chi connectivity index (χ1n) is 8.96. The smallest absolute Gasteiger partial charge is 0.325 e. The van der Waals surface area contributed by atoms with E-state index in [1.165, 1.54) is 17.0 Å². The zero-order chi connectivity index (χ0) is 18.9. The van der Waals surface area contributed by atoms with Crippen LogP contribution in [0.5, 0.6) is 0 Å². The molecule has 0 bridgehead atoms. The lowest BCUT2D eigenvalue weighted by molar-refractivity contribution is -0.140. The van der Waals surface area contributed by atoms with Gasteiger partial charge < -0.3 is 10.2 Å². The lowest BCUT2D eigenvalue weighted by Crippen LogP contribution is -2.54. The molecule has 0 radical (unpaired) electrons. The van der Waals surface area contributed by atoms with E-state index in [9.17, 15) is 18.8 Å². The first-order chi connectivity index (χ1) is 12.3. The summed E-state index contributed by atoms with van der Waals surface area (Å²) in [7, 11) is 1.57. The summed E-state index contributed by atoms with van der Waals surface area (Å²) in [4.78, 5) is 40.1. The molecular formula is C19H24FN3O3. The highest BCUT2D eigenvalue weighted by Crippen LogP contribution is 2.38. The van der Waals surface area contributed by atoms with E-state index in [1.54, 1.807) is 19.2 Å². The highest BCUT2D eigenvalue weighted by molar-refractivity contribution is 6.09. The normalized spacial score (nSPS) is 25.5. The lowest BCUT2D eigenvalue weighted by Gasteiger charge is -2.36. The molecule has 1 heterocycles. The van der Waals surface area contributed by atoms with Gasteiger partial charge in [0.1, 0.15) is 17.9 Å². The molecule has 1 aliphatic carbocycles. The van der Waals surface area contributed by atoms with Crippen molar-refractivity contribution in [1.29, 1.82) is 0 Å². The Morgan fingerprint density at radius 1 is 1.38 bits per heavy atom. The molecule has 26 heavy (non-hydrogen) atoms. The molecule has 4 amide bonds. The van der Waals surface area contributed by atoms with Gasteiger partial charge in [-0.3, -0.25) is 14.5 Å². The van der Waals surface area contributed by atoms with Crippen LogP contribution < -0.4 is 5.32 Å². The second kappa shape index (κ2) is 7.05. The van der Waals surface area contributed by atoms with E-state index >= 15 is 0 Å². The first kappa shape index (κ1) is 18.4. The molecule has 2 aliphatic rings. The third-order valence-electron chi connectivity index (χ3n) is 5.53. The SMILES string of the molecule is CC1CCCCC12NC(=O)N(CC(=O)N(C)Cc1cccc(F)c1)C2=O. The van der Waals surface area contributed by atoms with Gasteiger partial charge in [0.25, 0.3) is 5.91 Å². The van der Waals surface area contributed by atoms with Crippen LogP contribution in [0.15, 0.2) is 24.3 Å². The number of benzene rings is 1. The Hall–Kier alpha value is -2.44. The molecule has 140 valence electrons. The molecule has 1 saturated carbocycles. The Morgan fingerprint density at radius 3 is 2.85 bits per heavy atom. The Labute approximate surface area is 152 Å². The third kappa shape index (κ3) is 3.30. The Kier molecular flexibility index (Phi) is 4.98. The second-order valence-electron chi connectivity index (χ2n) is 7.32. The predicted molar refractivity (Wildman–Crippen MR) is 93.5 cm³/mol. The van der Waals surface area contributed by atoms with Crippen LogP contribution >= 0.6 is 0 Å². The van der Waals surface area contributed by atoms with Crippen LogP contribution in [0.3, 0.4) is 0 Å². The van der Waals surface area contributed by atoms with Gasteiger partial charge in [-0.15, -0.1) is 0 Å². The van der Waals surface area contributed by atoms with E-state index in [-0.39, 0.29) is 36.6 Å². The van der Waals surface area contributed by atoms with Gasteiger partial charge in [-0.25, -0.2) is 9.18 Å². The minimum atomic E-state index is -0.864. The van der Waals surface area contributed by atoms with Crippen molar-refractivity contribution in [3.8, 4) is 0 Å². The third-order valence-corrected chi connectivity index (χ3v) is 5.53. The summed E-state index contributed by atoms with van der Waals surface area (Å²) in [5.41, 5.74) is -0.216. The van der Waals surface area contributed by atoms with Crippen LogP contribution in [0.1, 0.15) is 38.2 Å². The zero-order valence-corrected chi connectivity index (χ0v) is 15.1. The van der Waals surface area contributed by atoms with E-state index < -0.39 is 11.6 Å². The van der Waals surface area contributed by atoms with Crippen LogP contribution in [0.2, 0.25) is 0 Å². The Bertz CT molecular complexity index is 738. The highest BCUT2D eigenvalue weighted by Gasteiger charge is 2.55. The standard InChI is InChI=1S/C19H24FN3O3/c1-13-6-3-4-9-19(13)17(25)23(18(26)21-19)12-16(24)22(2)11-14-7-5-8-15(20)10-14/h5,7-8,10,13H,3-4,6,9,11-12H2,1-2H3,(H,21,26). The number of urea groups is 1. The number of hydrogen-bond donors (Lipinski definition) is 1. The number of rotatable bonds is 4. The number of nitrogens with one attached hydrogen (secondary N) is 1. The number of hydrogen-bond acceptors (Lipinski definition) is 3. The van der Waals surface area contributed by atoms with Crippen molar-refractivity contribution in [1.82, 2.24) is 15.1 Å². The van der Waals surface area contributed by atoms with Crippen molar-refractivity contribution < 1.29 is 18.8 Å². The Balaban J connectivity index is 1.67. The van der Waals surface area contributed by atoms with Gasteiger partial charge in [0.15, 0.2) is 0 Å². The fraction of sp³-hybridized carbons (Fsp3) is 0.526. The average Bonchev–Trinajstić information content (AvgIpc) is 2.82. The van der Waals surface area contributed by atoms with Crippen molar-refractivity contribution in [3.63, 3.8) is 0 Å². The number of carbonyl (C=O) groups excluding carboxylic acids is 3. The first-order valence-corrected chi connectivity index (χ1v) is 8.96. The minimum Gasteiger partial charge on any atom is -0.340 e. The topological polar surface area (TPSA) is 69.7 Å². The van der Waals surface area contributed by atoms with Crippen molar-refractivity contribution in [2.75, 3.05) is 13.6 Å². The van der Waals surface area contributed by atoms with E-state index in [1.807, 2.05) is 6.92 Å². The molecule has 2 fully saturated rings. The largest absolute Gasteiger partial charge is 0.340 e. The van der Waals surface area contributed by atoms with Gasteiger partial charge >= 0.3 is 6.03 Å². The molecule has 1 spiro atoms. The summed E-state index contributed by atoms with van der Waals surface area (Å²) < 4.78 is 13.3. The highest BCUT2D eigenvalue weighted by atomic mass is 19.1. The molecule has 1 saturated heterocycles. The quantitative estimate of drug-likeness (QED) is 0.837. The van der Waals surface area contributed by atoms with E-state index in [0.29, 0.717) is 12.0 Å². The molecule has 1 aromatic rings. The molecular weight excluding hydrogens is 337 g/mol. The maximum absolute atomic E-state index is 13.3. The fourth-order valence-corrected chi connectivity index (χ4v) is 3.89. The van der Waals surface area contributed by atoms with Gasteiger partial charge in [-0.1, -0.05) is 31.9 Å². The van der Waals surface area contributed by atoms with E-state index in [2.05, 4.69) is 5.32 Å². The molecule has 2 unspecified atom stereocenters. The van der Waals surface area contributed by atoms with Crippen molar-refractivity contribution in [2.45, 2.75) is 44.7 Å². The average molecular weight is 361 g/mol. The van der Waals surface area contributed by atoms with Crippen molar-refractivity contribution in [2.24, 2.45) is 5.92 Å². The molecule has 6 nitrogen and oxygen atoms in total. The summed E-state index contributed by atoms with van der Waals surface area (Å²) in [6, 6.07) is 5.49. The predicted octanol–water partition coefficient (Wildman–Crippen LogP) is 2.28. The van der Waals surface area contributed by atoms with Crippen LogP contribution in [-0.2, 0) is 16.1 Å². The van der Waals surface area contributed by atoms with Crippen LogP contribution in [-0.4, -0.2) is 46.8 Å². The van der Waals surface area contributed by atoms with E-state index in [0.717, 1.165) is 24.2 Å².